The molecule has 1 atom stereocenters. The van der Waals surface area contributed by atoms with E-state index in [1.807, 2.05) is 6.92 Å². The van der Waals surface area contributed by atoms with Gasteiger partial charge in [0.15, 0.2) is 0 Å². The molecule has 0 aliphatic heterocycles. The second kappa shape index (κ2) is 11.2. The minimum atomic E-state index is -3.59. The molecule has 0 radical (unpaired) electrons. The standard InChI is InChI=1S/C21H24F2N4O2S.2ClH/c1-13-20(21-18(25-13)8-9-19(23)26-21)17(12-15(22)10-11-24)14-4-6-16(7-5-14)30(28,29)27(2)3;;/h4-10,17,25H,11-12,24H2,1-3H3;2*1H/b15-10-;;. The highest BCUT2D eigenvalue weighted by atomic mass is 35.5. The molecule has 0 saturated heterocycles. The second-order valence-corrected chi connectivity index (χ2v) is 9.35. The van der Waals surface area contributed by atoms with Crippen LogP contribution in [-0.4, -0.2) is 43.3 Å². The molecule has 11 heteroatoms. The molecule has 32 heavy (non-hydrogen) atoms. The van der Waals surface area contributed by atoms with E-state index in [4.69, 9.17) is 5.73 Å². The Labute approximate surface area is 198 Å². The summed E-state index contributed by atoms with van der Waals surface area (Å²) in [5, 5.41) is 0. The fourth-order valence-electron chi connectivity index (χ4n) is 3.49. The lowest BCUT2D eigenvalue weighted by molar-refractivity contribution is 0.520. The number of nitrogens with one attached hydrogen (secondary N) is 1. The summed E-state index contributed by atoms with van der Waals surface area (Å²) in [5.74, 6) is -1.54. The van der Waals surface area contributed by atoms with E-state index in [0.29, 0.717) is 22.2 Å². The lowest BCUT2D eigenvalue weighted by Crippen LogP contribution is -2.22. The van der Waals surface area contributed by atoms with Crippen molar-refractivity contribution in [1.29, 1.82) is 0 Å². The summed E-state index contributed by atoms with van der Waals surface area (Å²) in [4.78, 5) is 7.30. The van der Waals surface area contributed by atoms with Gasteiger partial charge in [-0.1, -0.05) is 12.1 Å². The van der Waals surface area contributed by atoms with Gasteiger partial charge in [-0.05, 0) is 42.8 Å². The van der Waals surface area contributed by atoms with Crippen molar-refractivity contribution in [2.24, 2.45) is 5.73 Å². The van der Waals surface area contributed by atoms with Crippen LogP contribution in [0.3, 0.4) is 0 Å². The van der Waals surface area contributed by atoms with Crippen LogP contribution in [0.25, 0.3) is 11.0 Å². The van der Waals surface area contributed by atoms with Gasteiger partial charge in [0.1, 0.15) is 0 Å². The fourth-order valence-corrected chi connectivity index (χ4v) is 4.39. The van der Waals surface area contributed by atoms with Gasteiger partial charge >= 0.3 is 0 Å². The highest BCUT2D eigenvalue weighted by molar-refractivity contribution is 7.89. The van der Waals surface area contributed by atoms with Crippen molar-refractivity contribution >= 4 is 45.9 Å². The molecule has 0 fully saturated rings. The topological polar surface area (TPSA) is 92.1 Å². The molecule has 0 spiro atoms. The van der Waals surface area contributed by atoms with Crippen LogP contribution in [0.5, 0.6) is 0 Å². The Kier molecular flexibility index (Phi) is 9.80. The maximum Gasteiger partial charge on any atom is 0.242 e. The first-order valence-electron chi connectivity index (χ1n) is 9.37. The molecule has 1 unspecified atom stereocenters. The number of aryl methyl sites for hydroxylation is 1. The molecule has 0 bridgehead atoms. The monoisotopic (exact) mass is 506 g/mol. The van der Waals surface area contributed by atoms with Crippen LogP contribution in [0, 0.1) is 12.9 Å². The first kappa shape index (κ1) is 28.0. The van der Waals surface area contributed by atoms with Crippen molar-refractivity contribution in [3.8, 4) is 0 Å². The molecular formula is C21H26Cl2F2N4O2S. The highest BCUT2D eigenvalue weighted by Gasteiger charge is 2.25. The molecule has 176 valence electrons. The van der Waals surface area contributed by atoms with Gasteiger partial charge in [0, 0.05) is 44.2 Å². The molecule has 0 amide bonds. The van der Waals surface area contributed by atoms with E-state index < -0.39 is 27.7 Å². The van der Waals surface area contributed by atoms with Crippen LogP contribution in [0.15, 0.2) is 53.2 Å². The van der Waals surface area contributed by atoms with Gasteiger partial charge in [-0.15, -0.1) is 24.8 Å². The Hall–Kier alpha value is -2.04. The maximum atomic E-state index is 14.5. The Morgan fingerprint density at radius 2 is 1.81 bits per heavy atom. The normalized spacial score (nSPS) is 13.0. The number of nitrogens with two attached hydrogens (primary N) is 1. The van der Waals surface area contributed by atoms with Crippen LogP contribution < -0.4 is 5.73 Å². The minimum absolute atomic E-state index is 0. The molecular weight excluding hydrogens is 481 g/mol. The number of aromatic amines is 1. The zero-order valence-corrected chi connectivity index (χ0v) is 20.3. The SMILES string of the molecule is Cc1[nH]c2ccc(F)nc2c1C(C/C(F)=C/CN)c1ccc(S(=O)(=O)N(C)C)cc1.Cl.Cl. The molecule has 1 aromatic carbocycles. The predicted molar refractivity (Wildman–Crippen MR) is 127 cm³/mol. The lowest BCUT2D eigenvalue weighted by Gasteiger charge is -2.19. The van der Waals surface area contributed by atoms with E-state index in [-0.39, 0.29) is 42.7 Å². The summed E-state index contributed by atoms with van der Waals surface area (Å²) in [6.07, 6.45) is 1.28. The first-order valence-corrected chi connectivity index (χ1v) is 10.8. The zero-order chi connectivity index (χ0) is 22.1. The number of aromatic nitrogens is 2. The summed E-state index contributed by atoms with van der Waals surface area (Å²) in [6, 6.07) is 9.11. The number of fused-ring (bicyclic) bond motifs is 1. The molecule has 6 nitrogen and oxygen atoms in total. The molecule has 3 aromatic rings. The number of rotatable bonds is 7. The summed E-state index contributed by atoms with van der Waals surface area (Å²) in [6.45, 7) is 1.87. The third-order valence-electron chi connectivity index (χ3n) is 4.99. The van der Waals surface area contributed by atoms with Crippen LogP contribution in [-0.2, 0) is 10.0 Å². The smallest absolute Gasteiger partial charge is 0.242 e. The highest BCUT2D eigenvalue weighted by Crippen LogP contribution is 2.37. The maximum absolute atomic E-state index is 14.5. The Bertz CT molecular complexity index is 1200. The van der Waals surface area contributed by atoms with Crippen LogP contribution in [0.4, 0.5) is 8.78 Å². The molecule has 0 saturated carbocycles. The Morgan fingerprint density at radius 3 is 2.38 bits per heavy atom. The van der Waals surface area contributed by atoms with Crippen molar-refractivity contribution in [1.82, 2.24) is 14.3 Å². The molecule has 3 rings (SSSR count). The largest absolute Gasteiger partial charge is 0.357 e. The van der Waals surface area contributed by atoms with Crippen molar-refractivity contribution in [3.63, 3.8) is 0 Å². The number of hydrogen-bond acceptors (Lipinski definition) is 4. The Balaban J connectivity index is 0.00000256. The predicted octanol–water partition coefficient (Wildman–Crippen LogP) is 4.44. The number of H-pyrrole nitrogens is 1. The fraction of sp³-hybridized carbons (Fsp3) is 0.286. The number of allylic oxidation sites excluding steroid dienone is 1. The summed E-state index contributed by atoms with van der Waals surface area (Å²) in [7, 11) is -0.684. The van der Waals surface area contributed by atoms with E-state index in [1.165, 1.54) is 38.4 Å². The number of benzene rings is 1. The van der Waals surface area contributed by atoms with Gasteiger partial charge < -0.3 is 10.7 Å². The van der Waals surface area contributed by atoms with Crippen molar-refractivity contribution in [2.75, 3.05) is 20.6 Å². The summed E-state index contributed by atoms with van der Waals surface area (Å²) in [5.41, 5.74) is 8.58. The average molecular weight is 507 g/mol. The number of sulfonamides is 1. The van der Waals surface area contributed by atoms with E-state index in [0.717, 1.165) is 10.00 Å². The van der Waals surface area contributed by atoms with Gasteiger partial charge in [0.05, 0.1) is 21.8 Å². The van der Waals surface area contributed by atoms with E-state index >= 15 is 0 Å². The van der Waals surface area contributed by atoms with E-state index in [9.17, 15) is 17.2 Å². The molecule has 2 aromatic heterocycles. The van der Waals surface area contributed by atoms with Gasteiger partial charge in [-0.3, -0.25) is 0 Å². The van der Waals surface area contributed by atoms with Gasteiger partial charge in [0.2, 0.25) is 16.0 Å². The van der Waals surface area contributed by atoms with Crippen LogP contribution in [0.2, 0.25) is 0 Å². The average Bonchev–Trinajstić information content (AvgIpc) is 3.01. The minimum Gasteiger partial charge on any atom is -0.357 e. The molecule has 3 N–H and O–H groups in total. The van der Waals surface area contributed by atoms with E-state index in [1.54, 1.807) is 18.2 Å². The third kappa shape index (κ3) is 5.65. The number of hydrogen-bond donors (Lipinski definition) is 2. The van der Waals surface area contributed by atoms with Crippen LogP contribution >= 0.6 is 24.8 Å². The summed E-state index contributed by atoms with van der Waals surface area (Å²) >= 11 is 0. The van der Waals surface area contributed by atoms with Crippen LogP contribution in [0.1, 0.15) is 29.2 Å². The molecule has 0 aliphatic rings. The van der Waals surface area contributed by atoms with Gasteiger partial charge in [-0.25, -0.2) is 22.1 Å². The zero-order valence-electron chi connectivity index (χ0n) is 17.8. The van der Waals surface area contributed by atoms with Crippen molar-refractivity contribution < 1.29 is 17.2 Å². The number of pyridine rings is 1. The summed E-state index contributed by atoms with van der Waals surface area (Å²) < 4.78 is 54.2. The molecule has 2 heterocycles. The quantitative estimate of drug-likeness (QED) is 0.463. The molecule has 0 aliphatic carbocycles. The van der Waals surface area contributed by atoms with Crippen molar-refractivity contribution in [3.05, 3.63) is 71.1 Å². The first-order chi connectivity index (χ1) is 14.1. The number of nitrogens with zero attached hydrogens (tertiary/aromatic N) is 2. The Morgan fingerprint density at radius 1 is 1.19 bits per heavy atom. The van der Waals surface area contributed by atoms with E-state index in [2.05, 4.69) is 9.97 Å². The second-order valence-electron chi connectivity index (χ2n) is 7.19. The van der Waals surface area contributed by atoms with Crippen molar-refractivity contribution in [2.45, 2.75) is 24.2 Å². The lowest BCUT2D eigenvalue weighted by atomic mass is 9.87. The number of halogens is 4. The van der Waals surface area contributed by atoms with Gasteiger partial charge in [-0.2, -0.15) is 4.39 Å². The third-order valence-corrected chi connectivity index (χ3v) is 6.82. The van der Waals surface area contributed by atoms with Gasteiger partial charge in [0.25, 0.3) is 0 Å².